The maximum Gasteiger partial charge on any atom is 0.227 e. The Hall–Kier alpha value is -3.08. The van der Waals surface area contributed by atoms with Crippen LogP contribution in [0.1, 0.15) is 11.1 Å². The number of rotatable bonds is 4. The highest BCUT2D eigenvalue weighted by Gasteiger charge is 2.20. The van der Waals surface area contributed by atoms with E-state index in [0.717, 1.165) is 31.9 Å². The average Bonchev–Trinajstić information content (AvgIpc) is 2.70. The highest BCUT2D eigenvalue weighted by molar-refractivity contribution is 5.74. The molecule has 0 bridgehead atoms. The van der Waals surface area contributed by atoms with E-state index >= 15 is 0 Å². The average molecular weight is 359 g/mol. The van der Waals surface area contributed by atoms with Crippen LogP contribution in [0.3, 0.4) is 0 Å². The van der Waals surface area contributed by atoms with Crippen LogP contribution in [0.25, 0.3) is 0 Å². The van der Waals surface area contributed by atoms with Gasteiger partial charge in [-0.25, -0.2) is 9.97 Å². The Morgan fingerprint density at radius 2 is 1.44 bits per heavy atom. The van der Waals surface area contributed by atoms with Crippen LogP contribution in [0, 0.1) is 13.8 Å². The third-order valence-electron chi connectivity index (χ3n) is 5.04. The van der Waals surface area contributed by atoms with Crippen molar-refractivity contribution < 1.29 is 0 Å². The van der Waals surface area contributed by atoms with E-state index in [1.165, 1.54) is 22.5 Å². The number of anilines is 4. The summed E-state index contributed by atoms with van der Waals surface area (Å²) >= 11 is 0. The van der Waals surface area contributed by atoms with Crippen molar-refractivity contribution >= 4 is 23.0 Å². The Morgan fingerprint density at radius 1 is 0.778 bits per heavy atom. The molecule has 5 heteroatoms. The molecule has 5 nitrogen and oxygen atoms in total. The number of hydrogen-bond donors (Lipinski definition) is 1. The summed E-state index contributed by atoms with van der Waals surface area (Å²) in [5.74, 6) is 0.628. The second kappa shape index (κ2) is 7.66. The molecule has 1 aromatic heterocycles. The molecule has 0 aliphatic carbocycles. The van der Waals surface area contributed by atoms with E-state index in [1.807, 2.05) is 6.07 Å². The van der Waals surface area contributed by atoms with Crippen LogP contribution < -0.4 is 15.1 Å². The lowest BCUT2D eigenvalue weighted by Gasteiger charge is -2.38. The standard InChI is InChI=1S/C22H25N5/c1-17-8-9-21(19(16-17)25-22-23-10-5-11-24-22)27-14-12-26(13-15-27)20-7-4-3-6-18(20)2/h3-11,16H,12-15H2,1-2H3,(H,23,24,25). The Kier molecular flexibility index (Phi) is 4.92. The summed E-state index contributed by atoms with van der Waals surface area (Å²) in [6.45, 7) is 8.30. The van der Waals surface area contributed by atoms with Crippen molar-refractivity contribution in [1.29, 1.82) is 0 Å². The van der Waals surface area contributed by atoms with Gasteiger partial charge in [0.1, 0.15) is 0 Å². The van der Waals surface area contributed by atoms with Gasteiger partial charge in [0.05, 0.1) is 11.4 Å². The van der Waals surface area contributed by atoms with E-state index in [-0.39, 0.29) is 0 Å². The SMILES string of the molecule is Cc1ccc(N2CCN(c3ccccc3C)CC2)c(Nc2ncccn2)c1. The molecular weight excluding hydrogens is 334 g/mol. The van der Waals surface area contributed by atoms with E-state index in [2.05, 4.69) is 81.4 Å². The topological polar surface area (TPSA) is 44.3 Å². The first-order valence-electron chi connectivity index (χ1n) is 9.41. The van der Waals surface area contributed by atoms with Gasteiger partial charge in [-0.2, -0.15) is 0 Å². The molecule has 2 heterocycles. The maximum absolute atomic E-state index is 4.30. The van der Waals surface area contributed by atoms with E-state index < -0.39 is 0 Å². The Labute approximate surface area is 160 Å². The largest absolute Gasteiger partial charge is 0.368 e. The Morgan fingerprint density at radius 3 is 2.15 bits per heavy atom. The van der Waals surface area contributed by atoms with Crippen LogP contribution >= 0.6 is 0 Å². The number of nitrogens with zero attached hydrogens (tertiary/aromatic N) is 4. The lowest BCUT2D eigenvalue weighted by Crippen LogP contribution is -2.47. The monoisotopic (exact) mass is 359 g/mol. The third kappa shape index (κ3) is 3.87. The Balaban J connectivity index is 1.52. The zero-order valence-electron chi connectivity index (χ0n) is 15.9. The van der Waals surface area contributed by atoms with Crippen molar-refractivity contribution in [3.63, 3.8) is 0 Å². The first kappa shape index (κ1) is 17.3. The summed E-state index contributed by atoms with van der Waals surface area (Å²) in [6.07, 6.45) is 3.51. The van der Waals surface area contributed by atoms with Crippen LogP contribution in [0.4, 0.5) is 23.0 Å². The molecule has 2 aromatic carbocycles. The van der Waals surface area contributed by atoms with Gasteiger partial charge >= 0.3 is 0 Å². The number of nitrogens with one attached hydrogen (secondary N) is 1. The third-order valence-corrected chi connectivity index (χ3v) is 5.04. The van der Waals surface area contributed by atoms with Gasteiger partial charge < -0.3 is 15.1 Å². The van der Waals surface area contributed by atoms with Gasteiger partial charge in [-0.3, -0.25) is 0 Å². The van der Waals surface area contributed by atoms with Crippen molar-refractivity contribution in [3.05, 3.63) is 72.1 Å². The first-order chi connectivity index (χ1) is 13.2. The maximum atomic E-state index is 4.30. The number of hydrogen-bond acceptors (Lipinski definition) is 5. The highest BCUT2D eigenvalue weighted by Crippen LogP contribution is 2.31. The molecule has 1 N–H and O–H groups in total. The summed E-state index contributed by atoms with van der Waals surface area (Å²) in [5, 5.41) is 3.39. The summed E-state index contributed by atoms with van der Waals surface area (Å²) in [6, 6.07) is 17.0. The molecule has 3 aromatic rings. The fraction of sp³-hybridized carbons (Fsp3) is 0.273. The van der Waals surface area contributed by atoms with Crippen LogP contribution in [-0.2, 0) is 0 Å². The van der Waals surface area contributed by atoms with Gasteiger partial charge in [0.25, 0.3) is 0 Å². The normalized spacial score (nSPS) is 14.3. The molecule has 0 spiro atoms. The fourth-order valence-corrected chi connectivity index (χ4v) is 3.62. The van der Waals surface area contributed by atoms with Gasteiger partial charge in [0, 0.05) is 44.3 Å². The second-order valence-electron chi connectivity index (χ2n) is 6.98. The van der Waals surface area contributed by atoms with Crippen LogP contribution in [0.5, 0.6) is 0 Å². The summed E-state index contributed by atoms with van der Waals surface area (Å²) in [7, 11) is 0. The molecule has 0 amide bonds. The van der Waals surface area contributed by atoms with Gasteiger partial charge in [0.15, 0.2) is 0 Å². The lowest BCUT2D eigenvalue weighted by atomic mass is 10.1. The fourth-order valence-electron chi connectivity index (χ4n) is 3.62. The van der Waals surface area contributed by atoms with Crippen molar-refractivity contribution in [1.82, 2.24) is 9.97 Å². The predicted molar refractivity (Wildman–Crippen MR) is 112 cm³/mol. The van der Waals surface area contributed by atoms with Crippen molar-refractivity contribution in [2.75, 3.05) is 41.3 Å². The molecule has 1 fully saturated rings. The van der Waals surface area contributed by atoms with Crippen LogP contribution in [-0.4, -0.2) is 36.1 Å². The van der Waals surface area contributed by atoms with Gasteiger partial charge in [-0.05, 0) is 49.2 Å². The van der Waals surface area contributed by atoms with Crippen molar-refractivity contribution in [2.45, 2.75) is 13.8 Å². The van der Waals surface area contributed by atoms with Gasteiger partial charge in [-0.15, -0.1) is 0 Å². The number of benzene rings is 2. The summed E-state index contributed by atoms with van der Waals surface area (Å²) < 4.78 is 0. The van der Waals surface area contributed by atoms with E-state index in [4.69, 9.17) is 0 Å². The molecule has 4 rings (SSSR count). The van der Waals surface area contributed by atoms with Crippen LogP contribution in [0.15, 0.2) is 60.9 Å². The summed E-state index contributed by atoms with van der Waals surface area (Å²) in [5.41, 5.74) is 6.17. The minimum absolute atomic E-state index is 0.628. The molecular formula is C22H25N5. The van der Waals surface area contributed by atoms with E-state index in [0.29, 0.717) is 5.95 Å². The molecule has 27 heavy (non-hydrogen) atoms. The zero-order valence-corrected chi connectivity index (χ0v) is 15.9. The van der Waals surface area contributed by atoms with E-state index in [9.17, 15) is 0 Å². The Bertz CT molecular complexity index is 902. The summed E-state index contributed by atoms with van der Waals surface area (Å²) in [4.78, 5) is 13.5. The first-order valence-corrected chi connectivity index (χ1v) is 9.41. The lowest BCUT2D eigenvalue weighted by molar-refractivity contribution is 0.653. The minimum atomic E-state index is 0.628. The van der Waals surface area contributed by atoms with Gasteiger partial charge in [-0.1, -0.05) is 24.3 Å². The number of piperazine rings is 1. The zero-order chi connectivity index (χ0) is 18.6. The number of aromatic nitrogens is 2. The van der Waals surface area contributed by atoms with E-state index in [1.54, 1.807) is 12.4 Å². The van der Waals surface area contributed by atoms with Crippen LogP contribution in [0.2, 0.25) is 0 Å². The second-order valence-corrected chi connectivity index (χ2v) is 6.98. The highest BCUT2D eigenvalue weighted by atomic mass is 15.3. The predicted octanol–water partition coefficient (Wildman–Crippen LogP) is 4.16. The molecule has 1 saturated heterocycles. The quantitative estimate of drug-likeness (QED) is 0.758. The molecule has 1 aliphatic rings. The van der Waals surface area contributed by atoms with Crippen molar-refractivity contribution in [2.24, 2.45) is 0 Å². The minimum Gasteiger partial charge on any atom is -0.368 e. The number of aryl methyl sites for hydroxylation is 2. The molecule has 0 saturated carbocycles. The molecule has 138 valence electrons. The number of para-hydroxylation sites is 1. The van der Waals surface area contributed by atoms with Crippen molar-refractivity contribution in [3.8, 4) is 0 Å². The smallest absolute Gasteiger partial charge is 0.227 e. The molecule has 1 aliphatic heterocycles. The molecule has 0 atom stereocenters. The molecule has 0 unspecified atom stereocenters. The van der Waals surface area contributed by atoms with Gasteiger partial charge in [0.2, 0.25) is 5.95 Å². The molecule has 0 radical (unpaired) electrons.